The Hall–Kier alpha value is -2.12. The van der Waals surface area contributed by atoms with Crippen LogP contribution >= 0.6 is 0 Å². The molecule has 1 aromatic carbocycles. The highest BCUT2D eigenvalue weighted by Gasteiger charge is 2.34. The van der Waals surface area contributed by atoms with Gasteiger partial charge < -0.3 is 15.4 Å². The molecule has 2 atom stereocenters. The van der Waals surface area contributed by atoms with Crippen molar-refractivity contribution in [2.45, 2.75) is 31.3 Å². The third-order valence-corrected chi connectivity index (χ3v) is 4.92. The summed E-state index contributed by atoms with van der Waals surface area (Å²) in [5, 5.41) is 13.9. The summed E-state index contributed by atoms with van der Waals surface area (Å²) in [6, 6.07) is 5.83. The summed E-state index contributed by atoms with van der Waals surface area (Å²) >= 11 is 0. The molecule has 7 heteroatoms. The van der Waals surface area contributed by atoms with Crippen LogP contribution in [-0.4, -0.2) is 59.5 Å². The number of aromatic nitrogens is 2. The Balaban J connectivity index is 1.37. The van der Waals surface area contributed by atoms with Crippen molar-refractivity contribution in [1.82, 2.24) is 20.4 Å². The summed E-state index contributed by atoms with van der Waals surface area (Å²) < 4.78 is 5.62. The lowest BCUT2D eigenvalue weighted by molar-refractivity contribution is 0.125. The number of carbonyl (C=O) groups excluding carboxylic acids is 1. The number of H-pyrrole nitrogens is 1. The van der Waals surface area contributed by atoms with Crippen LogP contribution in [0.5, 0.6) is 0 Å². The number of carbonyl (C=O) groups is 1. The van der Waals surface area contributed by atoms with E-state index < -0.39 is 0 Å². The summed E-state index contributed by atoms with van der Waals surface area (Å²) in [5.41, 5.74) is 1.71. The number of urea groups is 1. The fraction of sp³-hybridized carbons (Fsp3) is 0.529. The van der Waals surface area contributed by atoms with Crippen LogP contribution in [0, 0.1) is 0 Å². The van der Waals surface area contributed by atoms with E-state index in [1.165, 1.54) is 19.3 Å². The van der Waals surface area contributed by atoms with E-state index in [0.29, 0.717) is 13.2 Å². The lowest BCUT2D eigenvalue weighted by atomic mass is 10.1. The van der Waals surface area contributed by atoms with Gasteiger partial charge in [0.05, 0.1) is 37.0 Å². The first kappa shape index (κ1) is 15.4. The smallest absolute Gasteiger partial charge is 0.319 e. The molecular weight excluding hydrogens is 306 g/mol. The topological polar surface area (TPSA) is 82.3 Å². The third kappa shape index (κ3) is 3.22. The fourth-order valence-electron chi connectivity index (χ4n) is 3.65. The van der Waals surface area contributed by atoms with Gasteiger partial charge in [-0.25, -0.2) is 4.79 Å². The van der Waals surface area contributed by atoms with E-state index >= 15 is 0 Å². The molecule has 128 valence electrons. The number of benzene rings is 1. The van der Waals surface area contributed by atoms with Gasteiger partial charge in [0.15, 0.2) is 0 Å². The predicted molar refractivity (Wildman–Crippen MR) is 92.1 cm³/mol. The maximum atomic E-state index is 12.4. The van der Waals surface area contributed by atoms with E-state index in [1.807, 2.05) is 18.2 Å². The Bertz CT molecular complexity index is 710. The zero-order valence-electron chi connectivity index (χ0n) is 13.6. The van der Waals surface area contributed by atoms with Crippen molar-refractivity contribution < 1.29 is 9.53 Å². The summed E-state index contributed by atoms with van der Waals surface area (Å²) in [4.78, 5) is 14.8. The molecule has 2 saturated heterocycles. The number of ether oxygens (including phenoxy) is 1. The minimum atomic E-state index is -0.185. The predicted octanol–water partition coefficient (Wildman–Crippen LogP) is 1.94. The summed E-state index contributed by atoms with van der Waals surface area (Å²) in [6.45, 7) is 3.48. The van der Waals surface area contributed by atoms with Gasteiger partial charge in [0.25, 0.3) is 0 Å². The van der Waals surface area contributed by atoms with E-state index in [-0.39, 0.29) is 18.1 Å². The standard InChI is InChI=1S/C17H23N5O2/c23-17(19-13-4-5-14-12(8-13)9-18-21-14)20-15-10-24-11-16(15)22-6-2-1-3-7-22/h4-5,8-9,15-16H,1-3,6-7,10-11H2,(H,18,21)(H2,19,20,23)/t15-,16-/m1/s1. The summed E-state index contributed by atoms with van der Waals surface area (Å²) in [5.74, 6) is 0. The van der Waals surface area contributed by atoms with Crippen LogP contribution < -0.4 is 10.6 Å². The number of hydrogen-bond donors (Lipinski definition) is 3. The molecule has 4 rings (SSSR count). The van der Waals surface area contributed by atoms with E-state index in [2.05, 4.69) is 25.7 Å². The maximum absolute atomic E-state index is 12.4. The molecule has 3 heterocycles. The van der Waals surface area contributed by atoms with Gasteiger partial charge in [0.2, 0.25) is 0 Å². The SMILES string of the molecule is O=C(Nc1ccc2[nH]ncc2c1)N[C@@H]1COC[C@H]1N1CCCCC1. The van der Waals surface area contributed by atoms with Gasteiger partial charge >= 0.3 is 6.03 Å². The largest absolute Gasteiger partial charge is 0.378 e. The molecule has 3 N–H and O–H groups in total. The monoisotopic (exact) mass is 329 g/mol. The minimum absolute atomic E-state index is 0.0424. The molecule has 7 nitrogen and oxygen atoms in total. The van der Waals surface area contributed by atoms with Gasteiger partial charge in [-0.15, -0.1) is 0 Å². The van der Waals surface area contributed by atoms with Crippen LogP contribution in [-0.2, 0) is 4.74 Å². The average Bonchev–Trinajstić information content (AvgIpc) is 3.24. The Kier molecular flexibility index (Phi) is 4.36. The van der Waals surface area contributed by atoms with Gasteiger partial charge in [0, 0.05) is 11.1 Å². The number of amides is 2. The van der Waals surface area contributed by atoms with Crippen molar-refractivity contribution in [2.75, 3.05) is 31.6 Å². The van der Waals surface area contributed by atoms with Crippen LogP contribution in [0.1, 0.15) is 19.3 Å². The van der Waals surface area contributed by atoms with Crippen molar-refractivity contribution in [3.8, 4) is 0 Å². The highest BCUT2D eigenvalue weighted by molar-refractivity contribution is 5.92. The number of nitrogens with zero attached hydrogens (tertiary/aromatic N) is 2. The zero-order chi connectivity index (χ0) is 16.4. The lowest BCUT2D eigenvalue weighted by Gasteiger charge is -2.34. The third-order valence-electron chi connectivity index (χ3n) is 4.92. The van der Waals surface area contributed by atoms with Crippen molar-refractivity contribution >= 4 is 22.6 Å². The first-order valence-electron chi connectivity index (χ1n) is 8.62. The molecule has 2 fully saturated rings. The van der Waals surface area contributed by atoms with Crippen LogP contribution in [0.25, 0.3) is 10.9 Å². The molecule has 0 aliphatic carbocycles. The second-order valence-corrected chi connectivity index (χ2v) is 6.58. The van der Waals surface area contributed by atoms with Crippen molar-refractivity contribution in [1.29, 1.82) is 0 Å². The molecule has 0 bridgehead atoms. The van der Waals surface area contributed by atoms with Gasteiger partial charge in [-0.2, -0.15) is 5.10 Å². The number of fused-ring (bicyclic) bond motifs is 1. The minimum Gasteiger partial charge on any atom is -0.378 e. The first-order chi connectivity index (χ1) is 11.8. The molecule has 2 amide bonds. The van der Waals surface area contributed by atoms with Crippen molar-refractivity contribution in [3.05, 3.63) is 24.4 Å². The van der Waals surface area contributed by atoms with E-state index in [0.717, 1.165) is 29.7 Å². The molecule has 2 aliphatic heterocycles. The van der Waals surface area contributed by atoms with Crippen LogP contribution in [0.15, 0.2) is 24.4 Å². The van der Waals surface area contributed by atoms with Crippen LogP contribution in [0.3, 0.4) is 0 Å². The molecule has 0 radical (unpaired) electrons. The van der Waals surface area contributed by atoms with Crippen molar-refractivity contribution in [2.24, 2.45) is 0 Å². The van der Waals surface area contributed by atoms with E-state index in [4.69, 9.17) is 4.74 Å². The number of aromatic amines is 1. The average molecular weight is 329 g/mol. The van der Waals surface area contributed by atoms with Crippen molar-refractivity contribution in [3.63, 3.8) is 0 Å². The molecule has 24 heavy (non-hydrogen) atoms. The normalized spacial score (nSPS) is 25.0. The summed E-state index contributed by atoms with van der Waals surface area (Å²) in [7, 11) is 0. The molecular formula is C17H23N5O2. The van der Waals surface area contributed by atoms with Gasteiger partial charge in [0.1, 0.15) is 0 Å². The number of hydrogen-bond acceptors (Lipinski definition) is 4. The Morgan fingerprint density at radius 1 is 1.25 bits per heavy atom. The molecule has 1 aromatic heterocycles. The molecule has 0 spiro atoms. The van der Waals surface area contributed by atoms with Crippen LogP contribution in [0.2, 0.25) is 0 Å². The summed E-state index contributed by atoms with van der Waals surface area (Å²) in [6.07, 6.45) is 5.52. The zero-order valence-corrected chi connectivity index (χ0v) is 13.6. The van der Waals surface area contributed by atoms with Gasteiger partial charge in [-0.3, -0.25) is 10.00 Å². The molecule has 0 unspecified atom stereocenters. The number of rotatable bonds is 3. The quantitative estimate of drug-likeness (QED) is 0.804. The lowest BCUT2D eigenvalue weighted by Crippen LogP contribution is -2.53. The molecule has 0 saturated carbocycles. The first-order valence-corrected chi connectivity index (χ1v) is 8.62. The number of likely N-dealkylation sites (tertiary alicyclic amines) is 1. The van der Waals surface area contributed by atoms with E-state index in [1.54, 1.807) is 6.20 Å². The Morgan fingerprint density at radius 2 is 2.12 bits per heavy atom. The Morgan fingerprint density at radius 3 is 3.00 bits per heavy atom. The highest BCUT2D eigenvalue weighted by atomic mass is 16.5. The number of anilines is 1. The number of piperidine rings is 1. The second kappa shape index (κ2) is 6.78. The van der Waals surface area contributed by atoms with E-state index in [9.17, 15) is 4.79 Å². The van der Waals surface area contributed by atoms with Crippen LogP contribution in [0.4, 0.5) is 10.5 Å². The van der Waals surface area contributed by atoms with Gasteiger partial charge in [-0.05, 0) is 44.1 Å². The fourth-order valence-corrected chi connectivity index (χ4v) is 3.65. The molecule has 2 aromatic rings. The Labute approximate surface area is 140 Å². The molecule has 2 aliphatic rings. The second-order valence-electron chi connectivity index (χ2n) is 6.58. The maximum Gasteiger partial charge on any atom is 0.319 e. The number of nitrogens with one attached hydrogen (secondary N) is 3. The highest BCUT2D eigenvalue weighted by Crippen LogP contribution is 2.20. The van der Waals surface area contributed by atoms with Gasteiger partial charge in [-0.1, -0.05) is 6.42 Å².